The van der Waals surface area contributed by atoms with E-state index in [1.54, 1.807) is 12.4 Å². The fourth-order valence-corrected chi connectivity index (χ4v) is 5.05. The first-order valence-corrected chi connectivity index (χ1v) is 10.3. The number of aromatic amines is 1. The number of carbonyl (C=O) groups is 1. The molecule has 2 aromatic heterocycles. The monoisotopic (exact) mass is 472 g/mol. The third-order valence-corrected chi connectivity index (χ3v) is 6.50. The second-order valence-corrected chi connectivity index (χ2v) is 8.41. The van der Waals surface area contributed by atoms with Crippen molar-refractivity contribution < 1.29 is 4.79 Å². The van der Waals surface area contributed by atoms with Gasteiger partial charge in [0.25, 0.3) is 5.91 Å². The van der Waals surface area contributed by atoms with E-state index in [0.717, 1.165) is 31.4 Å². The maximum Gasteiger partial charge on any atom is 0.283 e. The Balaban J connectivity index is 1.54. The number of halogens is 2. The zero-order valence-electron chi connectivity index (χ0n) is 14.7. The molecule has 0 fully saturated rings. The zero-order valence-corrected chi connectivity index (χ0v) is 17.8. The molecular weight excluding hydrogens is 460 g/mol. The minimum Gasteiger partial charge on any atom is -0.277 e. The number of hydrazone groups is 1. The molecule has 0 unspecified atom stereocenters. The smallest absolute Gasteiger partial charge is 0.277 e. The van der Waals surface area contributed by atoms with Crippen LogP contribution in [-0.4, -0.2) is 22.3 Å². The third-order valence-electron chi connectivity index (χ3n) is 4.19. The SMILES string of the molecule is Cc1ccc(-c2[nH]ncc2C=NNC(=O)c2sc3cccc(Br)c3c2Cl)cc1. The van der Waals surface area contributed by atoms with Crippen molar-refractivity contribution in [1.82, 2.24) is 15.6 Å². The van der Waals surface area contributed by atoms with Crippen molar-refractivity contribution in [3.8, 4) is 11.3 Å². The maximum atomic E-state index is 12.5. The summed E-state index contributed by atoms with van der Waals surface area (Å²) >= 11 is 11.2. The lowest BCUT2D eigenvalue weighted by atomic mass is 10.1. The van der Waals surface area contributed by atoms with Crippen LogP contribution in [0.3, 0.4) is 0 Å². The van der Waals surface area contributed by atoms with E-state index in [1.807, 2.05) is 49.4 Å². The molecule has 0 saturated carbocycles. The van der Waals surface area contributed by atoms with Gasteiger partial charge in [-0.15, -0.1) is 11.3 Å². The molecule has 8 heteroatoms. The minimum absolute atomic E-state index is 0.352. The molecule has 0 aliphatic heterocycles. The molecule has 28 heavy (non-hydrogen) atoms. The van der Waals surface area contributed by atoms with Crippen LogP contribution in [0.4, 0.5) is 0 Å². The highest BCUT2D eigenvalue weighted by Crippen LogP contribution is 2.39. The summed E-state index contributed by atoms with van der Waals surface area (Å²) in [4.78, 5) is 13.0. The first kappa shape index (κ1) is 18.9. The normalized spacial score (nSPS) is 11.4. The fraction of sp³-hybridized carbons (Fsp3) is 0.0500. The summed E-state index contributed by atoms with van der Waals surface area (Å²) in [6.45, 7) is 2.03. The first-order valence-electron chi connectivity index (χ1n) is 8.35. The largest absolute Gasteiger partial charge is 0.283 e. The lowest BCUT2D eigenvalue weighted by Gasteiger charge is -2.01. The number of fused-ring (bicyclic) bond motifs is 1. The van der Waals surface area contributed by atoms with Crippen molar-refractivity contribution >= 4 is 61.1 Å². The molecule has 4 rings (SSSR count). The Bertz CT molecular complexity index is 1200. The van der Waals surface area contributed by atoms with E-state index < -0.39 is 0 Å². The number of nitrogens with one attached hydrogen (secondary N) is 2. The first-order chi connectivity index (χ1) is 13.5. The van der Waals surface area contributed by atoms with Crippen molar-refractivity contribution in [3.05, 3.63) is 74.2 Å². The van der Waals surface area contributed by atoms with E-state index in [4.69, 9.17) is 11.6 Å². The summed E-state index contributed by atoms with van der Waals surface area (Å²) < 4.78 is 1.79. The van der Waals surface area contributed by atoms with Gasteiger partial charge in [0.15, 0.2) is 0 Å². The Kier molecular flexibility index (Phi) is 5.30. The number of benzene rings is 2. The predicted octanol–water partition coefficient (Wildman–Crippen LogP) is 5.78. The second-order valence-electron chi connectivity index (χ2n) is 6.12. The minimum atomic E-state index is -0.352. The summed E-state index contributed by atoms with van der Waals surface area (Å²) in [5.74, 6) is -0.352. The number of aryl methyl sites for hydroxylation is 1. The number of aromatic nitrogens is 2. The molecule has 5 nitrogen and oxygen atoms in total. The topological polar surface area (TPSA) is 70.1 Å². The predicted molar refractivity (Wildman–Crippen MR) is 118 cm³/mol. The van der Waals surface area contributed by atoms with E-state index in [2.05, 4.69) is 36.7 Å². The summed E-state index contributed by atoms with van der Waals surface area (Å²) in [7, 11) is 0. The van der Waals surface area contributed by atoms with Gasteiger partial charge in [0.2, 0.25) is 0 Å². The van der Waals surface area contributed by atoms with Gasteiger partial charge in [0.1, 0.15) is 4.88 Å². The van der Waals surface area contributed by atoms with Gasteiger partial charge in [-0.25, -0.2) is 5.43 Å². The van der Waals surface area contributed by atoms with Crippen LogP contribution < -0.4 is 5.43 Å². The summed E-state index contributed by atoms with van der Waals surface area (Å²) in [5, 5.41) is 12.4. The van der Waals surface area contributed by atoms with Crippen molar-refractivity contribution in [1.29, 1.82) is 0 Å². The molecule has 1 amide bonds. The molecule has 0 saturated heterocycles. The summed E-state index contributed by atoms with van der Waals surface area (Å²) in [5.41, 5.74) is 6.33. The van der Waals surface area contributed by atoms with Crippen molar-refractivity contribution in [2.45, 2.75) is 6.92 Å². The van der Waals surface area contributed by atoms with Crippen molar-refractivity contribution in [3.63, 3.8) is 0 Å². The Morgan fingerprint density at radius 2 is 2.07 bits per heavy atom. The molecule has 0 aliphatic rings. The van der Waals surface area contributed by atoms with Gasteiger partial charge in [-0.2, -0.15) is 10.2 Å². The highest BCUT2D eigenvalue weighted by Gasteiger charge is 2.18. The van der Waals surface area contributed by atoms with Crippen LogP contribution in [0.25, 0.3) is 21.3 Å². The van der Waals surface area contributed by atoms with E-state index in [9.17, 15) is 4.79 Å². The number of hydrogen-bond donors (Lipinski definition) is 2. The molecular formula is C20H14BrClN4OS. The Hall–Kier alpha value is -2.48. The standard InChI is InChI=1S/C20H14BrClN4OS/c1-11-5-7-12(8-6-11)18-13(9-23-25-18)10-24-26-20(27)19-17(22)16-14(21)3-2-4-15(16)28-19/h2-10H,1H3,(H,23,25)(H,26,27). The Labute approximate surface area is 178 Å². The van der Waals surface area contributed by atoms with Gasteiger partial charge in [-0.1, -0.05) is 63.4 Å². The average molecular weight is 474 g/mol. The maximum absolute atomic E-state index is 12.5. The third kappa shape index (κ3) is 3.61. The van der Waals surface area contributed by atoms with Crippen LogP contribution in [0.5, 0.6) is 0 Å². The molecule has 0 aliphatic carbocycles. The van der Waals surface area contributed by atoms with Crippen LogP contribution in [0, 0.1) is 6.92 Å². The number of thiophene rings is 1. The molecule has 2 aromatic carbocycles. The van der Waals surface area contributed by atoms with Crippen LogP contribution >= 0.6 is 38.9 Å². The number of amides is 1. The Morgan fingerprint density at radius 3 is 2.82 bits per heavy atom. The Morgan fingerprint density at radius 1 is 1.29 bits per heavy atom. The summed E-state index contributed by atoms with van der Waals surface area (Å²) in [6, 6.07) is 13.8. The van der Waals surface area contributed by atoms with Gasteiger partial charge in [-0.05, 0) is 19.1 Å². The molecule has 0 spiro atoms. The number of rotatable bonds is 4. The molecule has 2 heterocycles. The fourth-order valence-electron chi connectivity index (χ4n) is 2.77. The molecule has 0 radical (unpaired) electrons. The van der Waals surface area contributed by atoms with E-state index in [1.165, 1.54) is 16.9 Å². The van der Waals surface area contributed by atoms with E-state index in [0.29, 0.717) is 9.90 Å². The number of carbonyl (C=O) groups excluding carboxylic acids is 1. The van der Waals surface area contributed by atoms with Gasteiger partial charge >= 0.3 is 0 Å². The second kappa shape index (κ2) is 7.87. The van der Waals surface area contributed by atoms with Gasteiger partial charge in [0.05, 0.1) is 23.1 Å². The van der Waals surface area contributed by atoms with Crippen LogP contribution in [-0.2, 0) is 0 Å². The van der Waals surface area contributed by atoms with E-state index in [-0.39, 0.29) is 5.91 Å². The number of nitrogens with zero attached hydrogens (tertiary/aromatic N) is 2. The van der Waals surface area contributed by atoms with Crippen molar-refractivity contribution in [2.24, 2.45) is 5.10 Å². The van der Waals surface area contributed by atoms with Crippen molar-refractivity contribution in [2.75, 3.05) is 0 Å². The molecule has 140 valence electrons. The van der Waals surface area contributed by atoms with Gasteiger partial charge < -0.3 is 0 Å². The molecule has 4 aromatic rings. The number of hydrogen-bond acceptors (Lipinski definition) is 4. The van der Waals surface area contributed by atoms with E-state index >= 15 is 0 Å². The lowest BCUT2D eigenvalue weighted by molar-refractivity contribution is 0.0959. The molecule has 0 atom stereocenters. The van der Waals surface area contributed by atoms with Crippen LogP contribution in [0.1, 0.15) is 20.8 Å². The highest BCUT2D eigenvalue weighted by molar-refractivity contribution is 9.10. The lowest BCUT2D eigenvalue weighted by Crippen LogP contribution is -2.16. The molecule has 0 bridgehead atoms. The highest BCUT2D eigenvalue weighted by atomic mass is 79.9. The average Bonchev–Trinajstić information content (AvgIpc) is 3.28. The van der Waals surface area contributed by atoms with Gasteiger partial charge in [-0.3, -0.25) is 9.89 Å². The zero-order chi connectivity index (χ0) is 19.7. The number of H-pyrrole nitrogens is 1. The van der Waals surface area contributed by atoms with Crippen LogP contribution in [0.15, 0.2) is 58.2 Å². The van der Waals surface area contributed by atoms with Crippen LogP contribution in [0.2, 0.25) is 5.02 Å². The summed E-state index contributed by atoms with van der Waals surface area (Å²) in [6.07, 6.45) is 3.22. The molecule has 2 N–H and O–H groups in total. The quantitative estimate of drug-likeness (QED) is 0.291. The van der Waals surface area contributed by atoms with Gasteiger partial charge in [0, 0.05) is 25.7 Å².